The first kappa shape index (κ1) is 22.5. The molecule has 1 saturated heterocycles. The number of hydrogen-bond acceptors (Lipinski definition) is 5. The van der Waals surface area contributed by atoms with Gasteiger partial charge in [-0.3, -0.25) is 18.9 Å². The summed E-state index contributed by atoms with van der Waals surface area (Å²) in [6, 6.07) is 8.51. The molecule has 0 bridgehead atoms. The number of carbonyl (C=O) groups is 1. The molecule has 0 atom stereocenters. The van der Waals surface area contributed by atoms with E-state index in [9.17, 15) is 22.4 Å². The summed E-state index contributed by atoms with van der Waals surface area (Å²) in [7, 11) is -3.96. The number of thiazole rings is 1. The van der Waals surface area contributed by atoms with Crippen molar-refractivity contribution >= 4 is 43.2 Å². The fourth-order valence-electron chi connectivity index (χ4n) is 3.80. The zero-order valence-corrected chi connectivity index (χ0v) is 19.3. The second-order valence-corrected chi connectivity index (χ2v) is 10.6. The van der Waals surface area contributed by atoms with Crippen LogP contribution in [0.1, 0.15) is 31.2 Å². The molecule has 0 spiro atoms. The predicted octanol–water partition coefficient (Wildman–Crippen LogP) is 3.71. The molecule has 0 saturated carbocycles. The Morgan fingerprint density at radius 3 is 2.59 bits per heavy atom. The van der Waals surface area contributed by atoms with Gasteiger partial charge in [-0.1, -0.05) is 17.4 Å². The number of nitrogens with one attached hydrogen (secondary N) is 1. The highest BCUT2D eigenvalue weighted by molar-refractivity contribution is 7.92. The van der Waals surface area contributed by atoms with E-state index in [1.54, 1.807) is 13.0 Å². The Morgan fingerprint density at radius 2 is 1.88 bits per heavy atom. The Kier molecular flexibility index (Phi) is 6.34. The van der Waals surface area contributed by atoms with E-state index in [2.05, 4.69) is 4.72 Å². The van der Waals surface area contributed by atoms with E-state index in [1.165, 1.54) is 28.8 Å². The van der Waals surface area contributed by atoms with E-state index in [4.69, 9.17) is 0 Å². The van der Waals surface area contributed by atoms with Gasteiger partial charge in [0, 0.05) is 26.1 Å². The number of aromatic nitrogens is 1. The summed E-state index contributed by atoms with van der Waals surface area (Å²) in [5.41, 5.74) is 1.13. The number of aryl methyl sites for hydroxylation is 2. The Hall–Kier alpha value is -2.72. The molecular weight excluding hydrogens is 453 g/mol. The maximum absolute atomic E-state index is 13.8. The van der Waals surface area contributed by atoms with Crippen LogP contribution in [0.2, 0.25) is 0 Å². The fraction of sp³-hybridized carbons (Fsp3) is 0.364. The lowest BCUT2D eigenvalue weighted by Gasteiger charge is -2.26. The molecule has 1 amide bonds. The van der Waals surface area contributed by atoms with Crippen molar-refractivity contribution in [2.75, 3.05) is 17.8 Å². The minimum Gasteiger partial charge on any atom is -0.343 e. The van der Waals surface area contributed by atoms with Crippen LogP contribution in [-0.4, -0.2) is 36.9 Å². The van der Waals surface area contributed by atoms with Crippen LogP contribution < -0.4 is 9.60 Å². The molecule has 1 aliphatic heterocycles. The van der Waals surface area contributed by atoms with Crippen LogP contribution in [-0.2, 0) is 21.4 Å². The molecule has 1 aromatic heterocycles. The van der Waals surface area contributed by atoms with E-state index in [0.29, 0.717) is 15.8 Å². The number of carbonyl (C=O) groups excluding carboxylic acids is 1. The summed E-state index contributed by atoms with van der Waals surface area (Å²) >= 11 is 0.937. The Balaban J connectivity index is 1.54. The molecule has 0 unspecified atom stereocenters. The first-order valence-electron chi connectivity index (χ1n) is 10.4. The summed E-state index contributed by atoms with van der Waals surface area (Å²) < 4.78 is 43.7. The number of hydrogen-bond donors (Lipinski definition) is 1. The van der Waals surface area contributed by atoms with E-state index < -0.39 is 15.8 Å². The summed E-state index contributed by atoms with van der Waals surface area (Å²) in [4.78, 5) is 26.5. The number of sulfonamides is 1. The fourth-order valence-corrected chi connectivity index (χ4v) is 5.91. The van der Waals surface area contributed by atoms with Gasteiger partial charge in [0.25, 0.3) is 10.0 Å². The molecule has 2 heterocycles. The van der Waals surface area contributed by atoms with Crippen LogP contribution in [0.4, 0.5) is 10.1 Å². The van der Waals surface area contributed by atoms with Crippen molar-refractivity contribution in [2.45, 2.75) is 44.0 Å². The quantitative estimate of drug-likeness (QED) is 0.586. The topological polar surface area (TPSA) is 88.5 Å². The van der Waals surface area contributed by atoms with Gasteiger partial charge in [0.1, 0.15) is 5.82 Å². The smallest absolute Gasteiger partial charge is 0.308 e. The van der Waals surface area contributed by atoms with Gasteiger partial charge in [-0.2, -0.15) is 0 Å². The van der Waals surface area contributed by atoms with Gasteiger partial charge in [-0.25, -0.2) is 12.8 Å². The maximum atomic E-state index is 13.8. The highest BCUT2D eigenvalue weighted by Crippen LogP contribution is 2.24. The normalized spacial score (nSPS) is 14.6. The lowest BCUT2D eigenvalue weighted by Crippen LogP contribution is -2.36. The van der Waals surface area contributed by atoms with Crippen LogP contribution in [0.5, 0.6) is 0 Å². The van der Waals surface area contributed by atoms with Crippen molar-refractivity contribution in [3.8, 4) is 0 Å². The van der Waals surface area contributed by atoms with Crippen molar-refractivity contribution < 1.29 is 17.6 Å². The van der Waals surface area contributed by atoms with Gasteiger partial charge in [0.2, 0.25) is 5.91 Å². The van der Waals surface area contributed by atoms with Crippen LogP contribution in [0, 0.1) is 12.7 Å². The summed E-state index contributed by atoms with van der Waals surface area (Å²) in [5, 5.41) is 0. The molecule has 3 aromatic rings. The molecule has 170 valence electrons. The number of halogens is 1. The monoisotopic (exact) mass is 477 g/mol. The average Bonchev–Trinajstić information content (AvgIpc) is 3.09. The molecule has 0 aliphatic carbocycles. The van der Waals surface area contributed by atoms with Crippen LogP contribution >= 0.6 is 11.3 Å². The molecule has 1 fully saturated rings. The summed E-state index contributed by atoms with van der Waals surface area (Å²) in [6.07, 6.45) is 3.38. The molecule has 4 rings (SSSR count). The van der Waals surface area contributed by atoms with Gasteiger partial charge < -0.3 is 4.90 Å². The summed E-state index contributed by atoms with van der Waals surface area (Å²) in [6.45, 7) is 3.36. The first-order chi connectivity index (χ1) is 15.2. The highest BCUT2D eigenvalue weighted by Gasteiger charge is 2.20. The lowest BCUT2D eigenvalue weighted by atomic mass is 10.1. The van der Waals surface area contributed by atoms with Crippen molar-refractivity contribution in [2.24, 2.45) is 0 Å². The average molecular weight is 478 g/mol. The van der Waals surface area contributed by atoms with Gasteiger partial charge in [0.15, 0.2) is 0 Å². The second-order valence-electron chi connectivity index (χ2n) is 7.91. The third kappa shape index (κ3) is 4.71. The maximum Gasteiger partial charge on any atom is 0.308 e. The third-order valence-corrected chi connectivity index (χ3v) is 7.95. The minimum absolute atomic E-state index is 0.0243. The van der Waals surface area contributed by atoms with Crippen LogP contribution in [0.15, 0.2) is 46.1 Å². The number of rotatable bonds is 6. The van der Waals surface area contributed by atoms with Crippen LogP contribution in [0.3, 0.4) is 0 Å². The number of amides is 1. The Labute approximate surface area is 189 Å². The zero-order chi connectivity index (χ0) is 22.9. The number of piperidine rings is 1. The zero-order valence-electron chi connectivity index (χ0n) is 17.6. The SMILES string of the molecule is Cc1ccc(NS(=O)(=O)c2ccc3c(c2)sc(=O)n3CCC(=O)N2CCCCC2)cc1F. The molecule has 0 radical (unpaired) electrons. The lowest BCUT2D eigenvalue weighted by molar-refractivity contribution is -0.132. The van der Waals surface area contributed by atoms with Crippen molar-refractivity contribution in [3.63, 3.8) is 0 Å². The van der Waals surface area contributed by atoms with Gasteiger partial charge in [0.05, 0.1) is 20.8 Å². The van der Waals surface area contributed by atoms with E-state index in [1.807, 2.05) is 4.90 Å². The van der Waals surface area contributed by atoms with E-state index in [0.717, 1.165) is 49.8 Å². The van der Waals surface area contributed by atoms with Gasteiger partial charge in [-0.05, 0) is 62.1 Å². The van der Waals surface area contributed by atoms with E-state index >= 15 is 0 Å². The molecule has 1 aliphatic rings. The van der Waals surface area contributed by atoms with Gasteiger partial charge >= 0.3 is 4.87 Å². The Bertz CT molecular complexity index is 1320. The third-order valence-electron chi connectivity index (χ3n) is 5.63. The molecular formula is C22H24FN3O4S2. The Morgan fingerprint density at radius 1 is 1.12 bits per heavy atom. The molecule has 7 nitrogen and oxygen atoms in total. The number of anilines is 1. The van der Waals surface area contributed by atoms with Crippen molar-refractivity contribution in [1.82, 2.24) is 9.47 Å². The predicted molar refractivity (Wildman–Crippen MR) is 123 cm³/mol. The molecule has 10 heteroatoms. The second kappa shape index (κ2) is 9.03. The van der Waals surface area contributed by atoms with E-state index in [-0.39, 0.29) is 34.3 Å². The molecule has 2 aromatic carbocycles. The van der Waals surface area contributed by atoms with Crippen LogP contribution in [0.25, 0.3) is 10.2 Å². The number of benzene rings is 2. The van der Waals surface area contributed by atoms with Gasteiger partial charge in [-0.15, -0.1) is 0 Å². The largest absolute Gasteiger partial charge is 0.343 e. The minimum atomic E-state index is -3.96. The molecule has 32 heavy (non-hydrogen) atoms. The number of fused-ring (bicyclic) bond motifs is 1. The van der Waals surface area contributed by atoms with Crippen molar-refractivity contribution in [3.05, 3.63) is 57.4 Å². The summed E-state index contributed by atoms with van der Waals surface area (Å²) in [5.74, 6) is -0.472. The highest BCUT2D eigenvalue weighted by atomic mass is 32.2. The number of likely N-dealkylation sites (tertiary alicyclic amines) is 1. The number of nitrogens with zero attached hydrogens (tertiary/aromatic N) is 2. The first-order valence-corrected chi connectivity index (χ1v) is 12.7. The molecule has 1 N–H and O–H groups in total. The van der Waals surface area contributed by atoms with Crippen molar-refractivity contribution in [1.29, 1.82) is 0 Å². The standard InChI is InChI=1S/C22H24FN3O4S2/c1-15-5-6-16(13-18(15)23)24-32(29,30)17-7-8-19-20(14-17)31-22(28)26(19)12-9-21(27)25-10-3-2-4-11-25/h5-8,13-14,24H,2-4,9-12H2,1H3.